The molecule has 0 atom stereocenters. The fraction of sp³-hybridized carbons (Fsp3) is 0.286. The monoisotopic (exact) mass is 138 g/mol. The molecule has 0 aliphatic carbocycles. The molecule has 0 bridgehead atoms. The van der Waals surface area contributed by atoms with Gasteiger partial charge in [0, 0.05) is 13.2 Å². The first-order chi connectivity index (χ1) is 4.74. The third-order valence-electron chi connectivity index (χ3n) is 1.25. The van der Waals surface area contributed by atoms with E-state index >= 15 is 0 Å². The molecule has 3 nitrogen and oxygen atoms in total. The van der Waals surface area contributed by atoms with E-state index in [4.69, 9.17) is 5.11 Å². The van der Waals surface area contributed by atoms with E-state index in [1.807, 2.05) is 7.05 Å². The van der Waals surface area contributed by atoms with Gasteiger partial charge in [-0.1, -0.05) is 0 Å². The van der Waals surface area contributed by atoms with Gasteiger partial charge < -0.3 is 5.11 Å². The lowest BCUT2D eigenvalue weighted by molar-refractivity contribution is 0.505. The van der Waals surface area contributed by atoms with Gasteiger partial charge in [-0.25, -0.2) is 0 Å². The van der Waals surface area contributed by atoms with Crippen molar-refractivity contribution in [2.75, 3.05) is 0 Å². The molecule has 0 unspecified atom stereocenters. The van der Waals surface area contributed by atoms with Gasteiger partial charge in [0.2, 0.25) is 0 Å². The SMILES string of the molecule is CC=C(O)c1ccn(C)n1. The van der Waals surface area contributed by atoms with E-state index in [9.17, 15) is 0 Å². The second-order valence-corrected chi connectivity index (χ2v) is 2.05. The van der Waals surface area contributed by atoms with Crippen molar-refractivity contribution >= 4 is 5.76 Å². The quantitative estimate of drug-likeness (QED) is 0.594. The van der Waals surface area contributed by atoms with Crippen molar-refractivity contribution in [1.82, 2.24) is 9.78 Å². The number of hydrogen-bond donors (Lipinski definition) is 1. The largest absolute Gasteiger partial charge is 0.506 e. The van der Waals surface area contributed by atoms with Crippen LogP contribution in [0.4, 0.5) is 0 Å². The van der Waals surface area contributed by atoms with E-state index in [1.165, 1.54) is 0 Å². The first-order valence-electron chi connectivity index (χ1n) is 3.09. The highest BCUT2D eigenvalue weighted by atomic mass is 16.3. The highest BCUT2D eigenvalue weighted by Gasteiger charge is 1.98. The molecule has 0 spiro atoms. The molecule has 0 fully saturated rings. The molecule has 3 heteroatoms. The van der Waals surface area contributed by atoms with Gasteiger partial charge in [-0.15, -0.1) is 0 Å². The normalized spacial score (nSPS) is 12.0. The molecule has 1 heterocycles. The standard InChI is InChI=1S/C7H10N2O/c1-3-7(10)6-4-5-9(2)8-6/h3-5,10H,1-2H3. The number of aromatic nitrogens is 2. The molecule has 0 amide bonds. The molecule has 1 N–H and O–H groups in total. The molecule has 0 radical (unpaired) electrons. The summed E-state index contributed by atoms with van der Waals surface area (Å²) >= 11 is 0. The van der Waals surface area contributed by atoms with Crippen LogP contribution in [0.25, 0.3) is 5.76 Å². The maximum absolute atomic E-state index is 9.13. The average Bonchev–Trinajstić information content (AvgIpc) is 2.34. The van der Waals surface area contributed by atoms with Crippen LogP contribution in [0.1, 0.15) is 12.6 Å². The van der Waals surface area contributed by atoms with E-state index in [0.717, 1.165) is 0 Å². The minimum Gasteiger partial charge on any atom is -0.506 e. The Kier molecular flexibility index (Phi) is 1.76. The van der Waals surface area contributed by atoms with Gasteiger partial charge >= 0.3 is 0 Å². The number of aliphatic hydroxyl groups excluding tert-OH is 1. The molecule has 1 aromatic rings. The maximum Gasteiger partial charge on any atom is 0.138 e. The Balaban J connectivity index is 2.95. The number of nitrogens with zero attached hydrogens (tertiary/aromatic N) is 2. The summed E-state index contributed by atoms with van der Waals surface area (Å²) in [5.74, 6) is 0.223. The van der Waals surface area contributed by atoms with Crippen LogP contribution < -0.4 is 0 Å². The summed E-state index contributed by atoms with van der Waals surface area (Å²) in [4.78, 5) is 0. The molecule has 0 saturated heterocycles. The van der Waals surface area contributed by atoms with Gasteiger partial charge in [-0.3, -0.25) is 4.68 Å². The first-order valence-corrected chi connectivity index (χ1v) is 3.09. The minimum atomic E-state index is 0.223. The van der Waals surface area contributed by atoms with Gasteiger partial charge in [0.25, 0.3) is 0 Å². The molecule has 1 rings (SSSR count). The Morgan fingerprint density at radius 3 is 2.90 bits per heavy atom. The Morgan fingerprint density at radius 2 is 2.50 bits per heavy atom. The van der Waals surface area contributed by atoms with Crippen molar-refractivity contribution in [3.05, 3.63) is 24.0 Å². The predicted octanol–water partition coefficient (Wildman–Crippen LogP) is 1.34. The highest BCUT2D eigenvalue weighted by Crippen LogP contribution is 2.05. The zero-order valence-corrected chi connectivity index (χ0v) is 6.07. The molecule has 0 aliphatic rings. The van der Waals surface area contributed by atoms with Crippen LogP contribution in [0.5, 0.6) is 0 Å². The summed E-state index contributed by atoms with van der Waals surface area (Å²) in [5.41, 5.74) is 0.616. The summed E-state index contributed by atoms with van der Waals surface area (Å²) < 4.78 is 1.65. The summed E-state index contributed by atoms with van der Waals surface area (Å²) in [7, 11) is 1.81. The number of hydrogen-bond acceptors (Lipinski definition) is 2. The minimum absolute atomic E-state index is 0.223. The summed E-state index contributed by atoms with van der Waals surface area (Å²) in [6.45, 7) is 1.77. The van der Waals surface area contributed by atoms with Crippen LogP contribution in [-0.2, 0) is 7.05 Å². The molecule has 0 saturated carbocycles. The molecular formula is C7H10N2O. The van der Waals surface area contributed by atoms with Crippen molar-refractivity contribution in [2.45, 2.75) is 6.92 Å². The van der Waals surface area contributed by atoms with Crippen LogP contribution in [0.15, 0.2) is 18.3 Å². The van der Waals surface area contributed by atoms with Crippen LogP contribution in [0.2, 0.25) is 0 Å². The zero-order valence-electron chi connectivity index (χ0n) is 6.07. The molecule has 0 aliphatic heterocycles. The van der Waals surface area contributed by atoms with E-state index in [2.05, 4.69) is 5.10 Å². The van der Waals surface area contributed by atoms with E-state index < -0.39 is 0 Å². The molecular weight excluding hydrogens is 128 g/mol. The topological polar surface area (TPSA) is 38.0 Å². The van der Waals surface area contributed by atoms with Crippen molar-refractivity contribution in [3.8, 4) is 0 Å². The third kappa shape index (κ3) is 1.18. The van der Waals surface area contributed by atoms with Gasteiger partial charge in [0.1, 0.15) is 11.5 Å². The first kappa shape index (κ1) is 6.86. The Morgan fingerprint density at radius 1 is 1.80 bits per heavy atom. The Labute approximate surface area is 59.6 Å². The second-order valence-electron chi connectivity index (χ2n) is 2.05. The van der Waals surface area contributed by atoms with Gasteiger partial charge in [-0.2, -0.15) is 5.10 Å². The lowest BCUT2D eigenvalue weighted by Crippen LogP contribution is -1.89. The zero-order chi connectivity index (χ0) is 7.56. The highest BCUT2D eigenvalue weighted by molar-refractivity contribution is 5.53. The smallest absolute Gasteiger partial charge is 0.138 e. The molecule has 54 valence electrons. The van der Waals surface area contributed by atoms with Gasteiger partial charge in [-0.05, 0) is 19.1 Å². The van der Waals surface area contributed by atoms with Crippen molar-refractivity contribution in [1.29, 1.82) is 0 Å². The predicted molar refractivity (Wildman–Crippen MR) is 39.5 cm³/mol. The number of aryl methyl sites for hydroxylation is 1. The Hall–Kier alpha value is -1.25. The fourth-order valence-corrected chi connectivity index (χ4v) is 0.700. The van der Waals surface area contributed by atoms with Crippen LogP contribution in [0.3, 0.4) is 0 Å². The fourth-order valence-electron chi connectivity index (χ4n) is 0.700. The number of rotatable bonds is 1. The lowest BCUT2D eigenvalue weighted by atomic mass is 10.3. The summed E-state index contributed by atoms with van der Waals surface area (Å²) in [5, 5.41) is 13.1. The number of aliphatic hydroxyl groups is 1. The van der Waals surface area contributed by atoms with E-state index in [-0.39, 0.29) is 5.76 Å². The third-order valence-corrected chi connectivity index (χ3v) is 1.25. The molecule has 0 aromatic carbocycles. The van der Waals surface area contributed by atoms with Crippen molar-refractivity contribution in [2.24, 2.45) is 7.05 Å². The van der Waals surface area contributed by atoms with Crippen molar-refractivity contribution in [3.63, 3.8) is 0 Å². The lowest BCUT2D eigenvalue weighted by Gasteiger charge is -1.90. The van der Waals surface area contributed by atoms with Gasteiger partial charge in [0.05, 0.1) is 0 Å². The van der Waals surface area contributed by atoms with E-state index in [0.29, 0.717) is 5.69 Å². The van der Waals surface area contributed by atoms with Gasteiger partial charge in [0.15, 0.2) is 0 Å². The molecule has 10 heavy (non-hydrogen) atoms. The molecule has 1 aromatic heterocycles. The van der Waals surface area contributed by atoms with Crippen LogP contribution in [-0.4, -0.2) is 14.9 Å². The maximum atomic E-state index is 9.13. The van der Waals surface area contributed by atoms with Crippen molar-refractivity contribution < 1.29 is 5.11 Å². The average molecular weight is 138 g/mol. The van der Waals surface area contributed by atoms with Crippen LogP contribution in [0, 0.1) is 0 Å². The summed E-state index contributed by atoms with van der Waals surface area (Å²) in [6.07, 6.45) is 3.40. The summed E-state index contributed by atoms with van der Waals surface area (Å²) in [6, 6.07) is 1.76. The van der Waals surface area contributed by atoms with Crippen LogP contribution >= 0.6 is 0 Å². The Bertz CT molecular complexity index is 250. The number of allylic oxidation sites excluding steroid dienone is 1. The second kappa shape index (κ2) is 2.56. The van der Waals surface area contributed by atoms with E-state index in [1.54, 1.807) is 29.9 Å².